The predicted molar refractivity (Wildman–Crippen MR) is 89.6 cm³/mol. The zero-order valence-electron chi connectivity index (χ0n) is 13.8. The Morgan fingerprint density at radius 3 is 2.38 bits per heavy atom. The maximum absolute atomic E-state index is 12.6. The molecule has 24 heavy (non-hydrogen) atoms. The van der Waals surface area contributed by atoms with E-state index in [0.29, 0.717) is 21.5 Å². The molecule has 0 spiro atoms. The van der Waals surface area contributed by atoms with Gasteiger partial charge in [0.2, 0.25) is 0 Å². The van der Waals surface area contributed by atoms with Crippen LogP contribution in [0.2, 0.25) is 0 Å². The third-order valence-corrected chi connectivity index (χ3v) is 5.32. The highest BCUT2D eigenvalue weighted by Gasteiger charge is 2.28. The van der Waals surface area contributed by atoms with Crippen LogP contribution in [0.5, 0.6) is 0 Å². The van der Waals surface area contributed by atoms with Gasteiger partial charge in [-0.25, -0.2) is 4.79 Å². The fourth-order valence-corrected chi connectivity index (χ4v) is 3.87. The molecule has 0 amide bonds. The van der Waals surface area contributed by atoms with Gasteiger partial charge in [0, 0.05) is 25.8 Å². The second kappa shape index (κ2) is 6.54. The van der Waals surface area contributed by atoms with Crippen LogP contribution in [0.1, 0.15) is 30.7 Å². The smallest absolute Gasteiger partial charge is 0.292 e. The molecule has 2 rings (SSSR count). The number of thiophene rings is 1. The van der Waals surface area contributed by atoms with E-state index >= 15 is 0 Å². The zero-order chi connectivity index (χ0) is 18.2. The lowest BCUT2D eigenvalue weighted by Gasteiger charge is -2.12. The largest absolute Gasteiger partial charge is 0.390 e. The molecule has 0 atom stereocenters. The molecule has 0 aliphatic carbocycles. The maximum atomic E-state index is 12.6. The SMILES string of the molecule is CCn1c(=O)c2c(C)c(C(C)=NC)sc2n(CCC(F)(F)F)c1=O. The minimum Gasteiger partial charge on any atom is -0.292 e. The van der Waals surface area contributed by atoms with Crippen molar-refractivity contribution in [2.75, 3.05) is 7.05 Å². The Balaban J connectivity index is 2.85. The van der Waals surface area contributed by atoms with E-state index in [0.717, 1.165) is 20.5 Å². The summed E-state index contributed by atoms with van der Waals surface area (Å²) in [5.74, 6) is 0. The van der Waals surface area contributed by atoms with Crippen LogP contribution in [-0.2, 0) is 13.1 Å². The summed E-state index contributed by atoms with van der Waals surface area (Å²) >= 11 is 1.13. The lowest BCUT2D eigenvalue weighted by Crippen LogP contribution is -2.39. The predicted octanol–water partition coefficient (Wildman–Crippen LogP) is 2.94. The summed E-state index contributed by atoms with van der Waals surface area (Å²) in [4.78, 5) is 30.1. The lowest BCUT2D eigenvalue weighted by atomic mass is 10.1. The van der Waals surface area contributed by atoms with Crippen molar-refractivity contribution < 1.29 is 13.2 Å². The number of hydrogen-bond acceptors (Lipinski definition) is 4. The van der Waals surface area contributed by atoms with Crippen molar-refractivity contribution in [1.29, 1.82) is 0 Å². The van der Waals surface area contributed by atoms with Crippen LogP contribution < -0.4 is 11.2 Å². The van der Waals surface area contributed by atoms with Crippen molar-refractivity contribution >= 4 is 27.3 Å². The van der Waals surface area contributed by atoms with Gasteiger partial charge in [-0.15, -0.1) is 11.3 Å². The third kappa shape index (κ3) is 3.17. The molecule has 0 aromatic carbocycles. The molecule has 0 radical (unpaired) electrons. The average molecular weight is 361 g/mol. The molecule has 2 aromatic heterocycles. The molecular weight excluding hydrogens is 343 g/mol. The Morgan fingerprint density at radius 2 is 1.88 bits per heavy atom. The van der Waals surface area contributed by atoms with Crippen molar-refractivity contribution in [3.63, 3.8) is 0 Å². The summed E-state index contributed by atoms with van der Waals surface area (Å²) in [5, 5.41) is 0.293. The highest BCUT2D eigenvalue weighted by Crippen LogP contribution is 2.29. The zero-order valence-corrected chi connectivity index (χ0v) is 14.6. The van der Waals surface area contributed by atoms with E-state index in [9.17, 15) is 22.8 Å². The van der Waals surface area contributed by atoms with E-state index in [-0.39, 0.29) is 11.4 Å². The molecule has 2 aromatic rings. The topological polar surface area (TPSA) is 56.4 Å². The molecule has 2 heterocycles. The van der Waals surface area contributed by atoms with E-state index in [1.165, 1.54) is 0 Å². The Hall–Kier alpha value is -1.90. The van der Waals surface area contributed by atoms with E-state index in [4.69, 9.17) is 0 Å². The lowest BCUT2D eigenvalue weighted by molar-refractivity contribution is -0.136. The first-order valence-corrected chi connectivity index (χ1v) is 8.21. The van der Waals surface area contributed by atoms with Crippen LogP contribution in [0.25, 0.3) is 10.2 Å². The fraction of sp³-hybridized carbons (Fsp3) is 0.533. The highest BCUT2D eigenvalue weighted by atomic mass is 32.1. The first kappa shape index (κ1) is 18.4. The summed E-state index contributed by atoms with van der Waals surface area (Å²) in [6.07, 6.45) is -5.51. The first-order valence-electron chi connectivity index (χ1n) is 7.39. The molecule has 0 saturated heterocycles. The number of halogens is 3. The summed E-state index contributed by atoms with van der Waals surface area (Å²) in [7, 11) is 1.60. The molecule has 0 bridgehead atoms. The second-order valence-electron chi connectivity index (χ2n) is 5.39. The summed E-state index contributed by atoms with van der Waals surface area (Å²) in [6, 6.07) is 0. The van der Waals surface area contributed by atoms with Crippen LogP contribution in [0.3, 0.4) is 0 Å². The number of aromatic nitrogens is 2. The van der Waals surface area contributed by atoms with Gasteiger partial charge in [0.1, 0.15) is 4.83 Å². The Bertz CT molecular complexity index is 919. The van der Waals surface area contributed by atoms with E-state index < -0.39 is 30.4 Å². The Morgan fingerprint density at radius 1 is 1.25 bits per heavy atom. The van der Waals surface area contributed by atoms with E-state index in [1.54, 1.807) is 27.8 Å². The minimum absolute atomic E-state index is 0.102. The summed E-state index contributed by atoms with van der Waals surface area (Å²) < 4.78 is 39.8. The van der Waals surface area contributed by atoms with Gasteiger partial charge in [-0.1, -0.05) is 0 Å². The van der Waals surface area contributed by atoms with Crippen molar-refractivity contribution in [1.82, 2.24) is 9.13 Å². The number of hydrogen-bond donors (Lipinski definition) is 0. The van der Waals surface area contributed by atoms with Gasteiger partial charge in [-0.05, 0) is 26.3 Å². The number of aliphatic imine (C=N–C) groups is 1. The second-order valence-corrected chi connectivity index (χ2v) is 6.39. The first-order chi connectivity index (χ1) is 11.1. The highest BCUT2D eigenvalue weighted by molar-refractivity contribution is 7.20. The molecule has 0 fully saturated rings. The van der Waals surface area contributed by atoms with Crippen molar-refractivity contribution in [2.24, 2.45) is 4.99 Å². The van der Waals surface area contributed by atoms with Crippen LogP contribution in [-0.4, -0.2) is 28.1 Å². The van der Waals surface area contributed by atoms with Crippen LogP contribution >= 0.6 is 11.3 Å². The fourth-order valence-electron chi connectivity index (χ4n) is 2.56. The molecular formula is C15H18F3N3O2S. The minimum atomic E-state index is -4.38. The van der Waals surface area contributed by atoms with Gasteiger partial charge < -0.3 is 0 Å². The molecule has 0 aliphatic heterocycles. The van der Waals surface area contributed by atoms with Gasteiger partial charge in [0.05, 0.1) is 16.7 Å². The van der Waals surface area contributed by atoms with E-state index in [1.807, 2.05) is 0 Å². The normalized spacial score (nSPS) is 13.0. The summed E-state index contributed by atoms with van der Waals surface area (Å²) in [5.41, 5.74) is 0.139. The van der Waals surface area contributed by atoms with Crippen LogP contribution in [0.4, 0.5) is 13.2 Å². The van der Waals surface area contributed by atoms with Gasteiger partial charge in [0.25, 0.3) is 5.56 Å². The number of alkyl halides is 3. The third-order valence-electron chi connectivity index (χ3n) is 3.89. The molecule has 9 heteroatoms. The van der Waals surface area contributed by atoms with Gasteiger partial charge in [-0.2, -0.15) is 13.2 Å². The van der Waals surface area contributed by atoms with Crippen molar-refractivity contribution in [3.05, 3.63) is 31.3 Å². The number of nitrogens with zero attached hydrogens (tertiary/aromatic N) is 3. The summed E-state index contributed by atoms with van der Waals surface area (Å²) in [6.45, 7) is 4.69. The molecule has 5 nitrogen and oxygen atoms in total. The van der Waals surface area contributed by atoms with Crippen LogP contribution in [0, 0.1) is 6.92 Å². The van der Waals surface area contributed by atoms with Crippen LogP contribution in [0.15, 0.2) is 14.6 Å². The van der Waals surface area contributed by atoms with E-state index in [2.05, 4.69) is 4.99 Å². The molecule has 0 unspecified atom stereocenters. The van der Waals surface area contributed by atoms with Crippen molar-refractivity contribution in [3.8, 4) is 0 Å². The average Bonchev–Trinajstić information content (AvgIpc) is 2.83. The number of fused-ring (bicyclic) bond motifs is 1. The molecule has 132 valence electrons. The van der Waals surface area contributed by atoms with Gasteiger partial charge in [0.15, 0.2) is 0 Å². The number of aryl methyl sites for hydroxylation is 2. The molecule has 0 saturated carbocycles. The monoisotopic (exact) mass is 361 g/mol. The quantitative estimate of drug-likeness (QED) is 0.786. The Labute approximate surface area is 140 Å². The standard InChI is InChI=1S/C15H18F3N3O2S/c1-5-20-12(22)10-8(2)11(9(3)19-4)24-13(10)21(14(20)23)7-6-15(16,17)18/h5-7H2,1-4H3. The molecule has 0 N–H and O–H groups in total. The van der Waals surface area contributed by atoms with Gasteiger partial charge >= 0.3 is 11.9 Å². The van der Waals surface area contributed by atoms with Crippen molar-refractivity contribution in [2.45, 2.75) is 46.5 Å². The number of rotatable bonds is 4. The molecule has 0 aliphatic rings. The maximum Gasteiger partial charge on any atom is 0.390 e. The van der Waals surface area contributed by atoms with Gasteiger partial charge in [-0.3, -0.25) is 18.9 Å². The Kier molecular flexibility index (Phi) is 5.03.